The Kier molecular flexibility index (Phi) is 8.85. The molecule has 2 aromatic carbocycles. The molecule has 3 aromatic rings. The zero-order chi connectivity index (χ0) is 26.2. The van der Waals surface area contributed by atoms with Gasteiger partial charge in [-0.3, -0.25) is 14.7 Å². The number of aromatic hydroxyl groups is 1. The lowest BCUT2D eigenvalue weighted by Crippen LogP contribution is -2.47. The quantitative estimate of drug-likeness (QED) is 0.431. The molecule has 1 saturated heterocycles. The molecule has 2 heterocycles. The van der Waals surface area contributed by atoms with E-state index in [-0.39, 0.29) is 23.5 Å². The summed E-state index contributed by atoms with van der Waals surface area (Å²) in [6.45, 7) is 5.03. The van der Waals surface area contributed by atoms with E-state index in [1.54, 1.807) is 32.5 Å². The van der Waals surface area contributed by atoms with Gasteiger partial charge in [-0.2, -0.15) is 0 Å². The van der Waals surface area contributed by atoms with Gasteiger partial charge in [0.05, 0.1) is 32.9 Å². The van der Waals surface area contributed by atoms with Crippen LogP contribution in [0, 0.1) is 18.8 Å². The maximum atomic E-state index is 13.3. The minimum absolute atomic E-state index is 0.0205. The highest BCUT2D eigenvalue weighted by Crippen LogP contribution is 2.28. The lowest BCUT2D eigenvalue weighted by molar-refractivity contribution is -0.128. The molecule has 1 amide bonds. The van der Waals surface area contributed by atoms with Crippen LogP contribution in [-0.2, 0) is 17.9 Å². The van der Waals surface area contributed by atoms with Crippen LogP contribution < -0.4 is 19.5 Å². The van der Waals surface area contributed by atoms with Gasteiger partial charge in [0.2, 0.25) is 5.91 Å². The van der Waals surface area contributed by atoms with Gasteiger partial charge in [0, 0.05) is 37.8 Å². The molecule has 37 heavy (non-hydrogen) atoms. The average Bonchev–Trinajstić information content (AvgIpc) is 2.92. The predicted octanol–water partition coefficient (Wildman–Crippen LogP) is 3.95. The summed E-state index contributed by atoms with van der Waals surface area (Å²) in [7, 11) is 3.20. The first-order chi connectivity index (χ1) is 17.9. The third-order valence-corrected chi connectivity index (χ3v) is 6.61. The molecule has 0 radical (unpaired) electrons. The van der Waals surface area contributed by atoms with Crippen LogP contribution in [0.15, 0.2) is 60.8 Å². The summed E-state index contributed by atoms with van der Waals surface area (Å²) in [6.07, 6.45) is 2.48. The third-order valence-electron chi connectivity index (χ3n) is 6.61. The zero-order valence-corrected chi connectivity index (χ0v) is 21.6. The van der Waals surface area contributed by atoms with Crippen molar-refractivity contribution in [3.63, 3.8) is 0 Å². The van der Waals surface area contributed by atoms with Gasteiger partial charge in [-0.1, -0.05) is 18.2 Å². The molecular formula is C29H35N3O5. The molecular weight excluding hydrogens is 470 g/mol. The fourth-order valence-corrected chi connectivity index (χ4v) is 4.68. The van der Waals surface area contributed by atoms with Crippen molar-refractivity contribution in [3.05, 3.63) is 77.6 Å². The number of nitrogens with one attached hydrogen (secondary N) is 1. The number of likely N-dealkylation sites (tertiary alicyclic amines) is 1. The Hall–Kier alpha value is -3.78. The van der Waals surface area contributed by atoms with Crippen LogP contribution in [0.4, 0.5) is 0 Å². The molecule has 1 aromatic heterocycles. The van der Waals surface area contributed by atoms with E-state index in [1.165, 1.54) is 0 Å². The molecule has 0 unspecified atom stereocenters. The number of hydrogen-bond acceptors (Lipinski definition) is 7. The highest BCUT2D eigenvalue weighted by molar-refractivity contribution is 5.79. The van der Waals surface area contributed by atoms with Gasteiger partial charge in [-0.15, -0.1) is 0 Å². The minimum atomic E-state index is -0.171. The largest absolute Gasteiger partial charge is 0.508 e. The first kappa shape index (κ1) is 26.3. The molecule has 2 N–H and O–H groups in total. The number of pyridine rings is 1. The zero-order valence-electron chi connectivity index (χ0n) is 21.6. The molecule has 0 bridgehead atoms. The fourth-order valence-electron chi connectivity index (χ4n) is 4.68. The molecule has 8 nitrogen and oxygen atoms in total. The van der Waals surface area contributed by atoms with Gasteiger partial charge in [-0.05, 0) is 60.9 Å². The van der Waals surface area contributed by atoms with Crippen LogP contribution in [0.1, 0.15) is 23.2 Å². The van der Waals surface area contributed by atoms with Crippen LogP contribution in [0.5, 0.6) is 23.0 Å². The fraction of sp³-hybridized carbons (Fsp3) is 0.379. The molecule has 196 valence electrons. The molecule has 8 heteroatoms. The monoisotopic (exact) mass is 505 g/mol. The number of methoxy groups -OCH3 is 2. The summed E-state index contributed by atoms with van der Waals surface area (Å²) in [5.41, 5.74) is 2.97. The van der Waals surface area contributed by atoms with E-state index in [0.717, 1.165) is 35.5 Å². The highest BCUT2D eigenvalue weighted by atomic mass is 16.5. The van der Waals surface area contributed by atoms with E-state index in [2.05, 4.69) is 15.2 Å². The summed E-state index contributed by atoms with van der Waals surface area (Å²) in [4.78, 5) is 19.9. The Bertz CT molecular complexity index is 1170. The standard InChI is InChI=1S/C29H35N3O5/c1-20-4-10-26(15-30-20)37-19-23-12-24(18-32(17-23)16-21-5-8-25(33)9-6-21)29(34)31-14-22-7-11-27(35-2)28(13-22)36-3/h4-11,13,15,23-24,33H,12,14,16-19H2,1-3H3,(H,31,34)/t23-,24+/m0/s1. The van der Waals surface area contributed by atoms with E-state index < -0.39 is 0 Å². The molecule has 1 aliphatic rings. The third kappa shape index (κ3) is 7.36. The van der Waals surface area contributed by atoms with Crippen molar-refractivity contribution in [1.29, 1.82) is 0 Å². The first-order valence-corrected chi connectivity index (χ1v) is 12.5. The SMILES string of the molecule is COc1ccc(CNC(=O)[C@@H]2C[C@H](COc3ccc(C)nc3)CN(Cc3ccc(O)cc3)C2)cc1OC. The number of ether oxygens (including phenoxy) is 3. The molecule has 0 aliphatic carbocycles. The summed E-state index contributed by atoms with van der Waals surface area (Å²) < 4.78 is 16.7. The van der Waals surface area contributed by atoms with Crippen molar-refractivity contribution in [2.75, 3.05) is 33.9 Å². The number of phenolic OH excluding ortho intramolecular Hbond substituents is 1. The highest BCUT2D eigenvalue weighted by Gasteiger charge is 2.32. The van der Waals surface area contributed by atoms with E-state index in [4.69, 9.17) is 14.2 Å². The van der Waals surface area contributed by atoms with Crippen LogP contribution in [0.3, 0.4) is 0 Å². The first-order valence-electron chi connectivity index (χ1n) is 12.5. The number of aromatic nitrogens is 1. The van der Waals surface area contributed by atoms with Crippen molar-refractivity contribution in [2.24, 2.45) is 11.8 Å². The van der Waals surface area contributed by atoms with Crippen LogP contribution in [0.25, 0.3) is 0 Å². The number of carbonyl (C=O) groups is 1. The molecule has 0 saturated carbocycles. The van der Waals surface area contributed by atoms with Gasteiger partial charge in [-0.25, -0.2) is 0 Å². The number of phenols is 1. The van der Waals surface area contributed by atoms with Gasteiger partial charge < -0.3 is 24.6 Å². The van der Waals surface area contributed by atoms with Gasteiger partial charge in [0.25, 0.3) is 0 Å². The molecule has 0 spiro atoms. The molecule has 4 rings (SSSR count). The summed E-state index contributed by atoms with van der Waals surface area (Å²) >= 11 is 0. The maximum absolute atomic E-state index is 13.3. The molecule has 2 atom stereocenters. The van der Waals surface area contributed by atoms with E-state index >= 15 is 0 Å². The van der Waals surface area contributed by atoms with Crippen LogP contribution in [0.2, 0.25) is 0 Å². The maximum Gasteiger partial charge on any atom is 0.224 e. The number of nitrogens with zero attached hydrogens (tertiary/aromatic N) is 2. The second-order valence-electron chi connectivity index (χ2n) is 9.51. The lowest BCUT2D eigenvalue weighted by atomic mass is 9.88. The minimum Gasteiger partial charge on any atom is -0.508 e. The lowest BCUT2D eigenvalue weighted by Gasteiger charge is -2.37. The Morgan fingerprint density at radius 1 is 1.03 bits per heavy atom. The molecule has 1 aliphatic heterocycles. The van der Waals surface area contributed by atoms with E-state index in [9.17, 15) is 9.90 Å². The number of piperidine rings is 1. The van der Waals surface area contributed by atoms with Crippen molar-refractivity contribution in [1.82, 2.24) is 15.2 Å². The Balaban J connectivity index is 1.41. The number of rotatable bonds is 10. The Morgan fingerprint density at radius 2 is 1.78 bits per heavy atom. The summed E-state index contributed by atoms with van der Waals surface area (Å²) in [5.74, 6) is 2.30. The number of hydrogen-bond donors (Lipinski definition) is 2. The number of aryl methyl sites for hydroxylation is 1. The van der Waals surface area contributed by atoms with Crippen molar-refractivity contribution < 1.29 is 24.1 Å². The van der Waals surface area contributed by atoms with Gasteiger partial charge in [0.15, 0.2) is 11.5 Å². The van der Waals surface area contributed by atoms with Crippen LogP contribution in [-0.4, -0.2) is 54.8 Å². The van der Waals surface area contributed by atoms with Crippen molar-refractivity contribution in [3.8, 4) is 23.0 Å². The van der Waals surface area contributed by atoms with Crippen molar-refractivity contribution >= 4 is 5.91 Å². The normalized spacial score (nSPS) is 17.7. The topological polar surface area (TPSA) is 93.2 Å². The summed E-state index contributed by atoms with van der Waals surface area (Å²) in [5, 5.41) is 12.7. The second kappa shape index (κ2) is 12.5. The number of carbonyl (C=O) groups excluding carboxylic acids is 1. The average molecular weight is 506 g/mol. The smallest absolute Gasteiger partial charge is 0.224 e. The molecule has 1 fully saturated rings. The summed E-state index contributed by atoms with van der Waals surface area (Å²) in [6, 6.07) is 16.7. The van der Waals surface area contributed by atoms with E-state index in [1.807, 2.05) is 49.4 Å². The predicted molar refractivity (Wildman–Crippen MR) is 141 cm³/mol. The number of benzene rings is 2. The van der Waals surface area contributed by atoms with Gasteiger partial charge >= 0.3 is 0 Å². The van der Waals surface area contributed by atoms with Crippen molar-refractivity contribution in [2.45, 2.75) is 26.4 Å². The Labute approximate surface area is 218 Å². The Morgan fingerprint density at radius 3 is 2.49 bits per heavy atom. The second-order valence-corrected chi connectivity index (χ2v) is 9.51. The van der Waals surface area contributed by atoms with Gasteiger partial charge in [0.1, 0.15) is 11.5 Å². The van der Waals surface area contributed by atoms with Crippen LogP contribution >= 0.6 is 0 Å². The van der Waals surface area contributed by atoms with E-state index in [0.29, 0.717) is 37.7 Å². The number of amides is 1.